The van der Waals surface area contributed by atoms with Crippen molar-refractivity contribution >= 4 is 33.4 Å². The van der Waals surface area contributed by atoms with Gasteiger partial charge in [-0.1, -0.05) is 0 Å². The molecular weight excluding hydrogens is 316 g/mol. The second-order valence-corrected chi connectivity index (χ2v) is 6.48. The lowest BCUT2D eigenvalue weighted by Crippen LogP contribution is -2.36. The summed E-state index contributed by atoms with van der Waals surface area (Å²) in [5.41, 5.74) is -0.0813. The smallest absolute Gasteiger partial charge is 0.336 e. The molecule has 6 nitrogen and oxygen atoms in total. The van der Waals surface area contributed by atoms with Gasteiger partial charge in [-0.15, -0.1) is 12.4 Å². The average molecular weight is 331 g/mol. The van der Waals surface area contributed by atoms with Gasteiger partial charge in [0.15, 0.2) is 0 Å². The number of nitrogens with one attached hydrogen (secondary N) is 2. The zero-order valence-corrected chi connectivity index (χ0v) is 12.7. The highest BCUT2D eigenvalue weighted by Gasteiger charge is 2.22. The van der Waals surface area contributed by atoms with E-state index in [-0.39, 0.29) is 23.3 Å². The zero-order valence-electron chi connectivity index (χ0n) is 11.0. The van der Waals surface area contributed by atoms with Crippen LogP contribution >= 0.6 is 12.4 Å². The van der Waals surface area contributed by atoms with E-state index in [1.807, 2.05) is 0 Å². The van der Waals surface area contributed by atoms with Crippen LogP contribution in [0.3, 0.4) is 0 Å². The van der Waals surface area contributed by atoms with Crippen LogP contribution in [0.25, 0.3) is 11.0 Å². The first-order chi connectivity index (χ1) is 9.54. The van der Waals surface area contributed by atoms with E-state index in [1.165, 1.54) is 24.3 Å². The summed E-state index contributed by atoms with van der Waals surface area (Å²) in [4.78, 5) is 11.3. The van der Waals surface area contributed by atoms with Gasteiger partial charge in [-0.25, -0.2) is 17.9 Å². The number of rotatable bonds is 3. The molecule has 0 saturated carbocycles. The van der Waals surface area contributed by atoms with Gasteiger partial charge in [0.2, 0.25) is 10.0 Å². The maximum atomic E-state index is 12.3. The van der Waals surface area contributed by atoms with Gasteiger partial charge in [-0.3, -0.25) is 0 Å². The third kappa shape index (κ3) is 3.44. The van der Waals surface area contributed by atoms with E-state index in [1.54, 1.807) is 6.07 Å². The predicted octanol–water partition coefficient (Wildman–Crippen LogP) is 0.855. The van der Waals surface area contributed by atoms with Crippen LogP contribution in [0.5, 0.6) is 0 Å². The van der Waals surface area contributed by atoms with Crippen LogP contribution in [-0.4, -0.2) is 27.5 Å². The van der Waals surface area contributed by atoms with Crippen molar-refractivity contribution in [2.45, 2.75) is 17.4 Å². The lowest BCUT2D eigenvalue weighted by Gasteiger charge is -2.12. The molecule has 0 amide bonds. The molecule has 1 aliphatic rings. The van der Waals surface area contributed by atoms with E-state index in [0.29, 0.717) is 17.5 Å². The minimum absolute atomic E-state index is 0. The maximum absolute atomic E-state index is 12.3. The van der Waals surface area contributed by atoms with Gasteiger partial charge < -0.3 is 9.73 Å². The second-order valence-electron chi connectivity index (χ2n) is 4.77. The van der Waals surface area contributed by atoms with Crippen molar-refractivity contribution in [2.75, 3.05) is 13.1 Å². The lowest BCUT2D eigenvalue weighted by atomic mass is 10.2. The Labute approximate surface area is 128 Å². The van der Waals surface area contributed by atoms with Gasteiger partial charge in [-0.2, -0.15) is 0 Å². The molecule has 114 valence electrons. The third-order valence-corrected chi connectivity index (χ3v) is 4.80. The average Bonchev–Trinajstić information content (AvgIpc) is 2.90. The molecule has 0 bridgehead atoms. The Kier molecular flexibility index (Phi) is 4.67. The molecular formula is C13H15ClN2O4S. The summed E-state index contributed by atoms with van der Waals surface area (Å²) in [5, 5.41) is 3.69. The Morgan fingerprint density at radius 1 is 1.24 bits per heavy atom. The quantitative estimate of drug-likeness (QED) is 0.815. The molecule has 2 N–H and O–H groups in total. The van der Waals surface area contributed by atoms with Crippen LogP contribution in [0.2, 0.25) is 0 Å². The Morgan fingerprint density at radius 2 is 2.05 bits per heavy atom. The van der Waals surface area contributed by atoms with Gasteiger partial charge in [-0.05, 0) is 37.2 Å². The first kappa shape index (κ1) is 16.0. The van der Waals surface area contributed by atoms with E-state index in [2.05, 4.69) is 10.0 Å². The van der Waals surface area contributed by atoms with Gasteiger partial charge in [0.25, 0.3) is 0 Å². The largest absolute Gasteiger partial charge is 0.423 e. The Hall–Kier alpha value is -1.41. The van der Waals surface area contributed by atoms with E-state index in [9.17, 15) is 13.2 Å². The second kappa shape index (κ2) is 6.15. The topological polar surface area (TPSA) is 88.4 Å². The summed E-state index contributed by atoms with van der Waals surface area (Å²) >= 11 is 0. The van der Waals surface area contributed by atoms with E-state index in [0.717, 1.165) is 13.0 Å². The van der Waals surface area contributed by atoms with Crippen LogP contribution in [0.15, 0.2) is 44.4 Å². The van der Waals surface area contributed by atoms with Crippen molar-refractivity contribution in [1.29, 1.82) is 0 Å². The molecule has 0 radical (unpaired) electrons. The lowest BCUT2D eigenvalue weighted by molar-refractivity contribution is 0.557. The molecule has 3 rings (SSSR count). The molecule has 1 saturated heterocycles. The zero-order chi connectivity index (χ0) is 14.2. The van der Waals surface area contributed by atoms with Gasteiger partial charge in [0.1, 0.15) is 5.58 Å². The summed E-state index contributed by atoms with van der Waals surface area (Å²) in [6, 6.07) is 7.19. The standard InChI is InChI=1S/C13H14N2O4S.ClH/c16-13-4-1-9-7-11(2-3-12(9)19-13)20(17,18)15-10-5-6-14-8-10;/h1-4,7,10,14-15H,5-6,8H2;1H/t10-;/m0./s1. The van der Waals surface area contributed by atoms with Gasteiger partial charge >= 0.3 is 5.63 Å². The molecule has 0 unspecified atom stereocenters. The number of hydrogen-bond acceptors (Lipinski definition) is 5. The molecule has 0 aliphatic carbocycles. The van der Waals surface area contributed by atoms with Gasteiger partial charge in [0, 0.05) is 24.0 Å². The number of benzene rings is 1. The first-order valence-corrected chi connectivity index (χ1v) is 7.80. The molecule has 21 heavy (non-hydrogen) atoms. The Balaban J connectivity index is 0.00000161. The monoisotopic (exact) mass is 330 g/mol. The highest BCUT2D eigenvalue weighted by Crippen LogP contribution is 2.18. The van der Waals surface area contributed by atoms with Crippen molar-refractivity contribution in [3.05, 3.63) is 40.8 Å². The fraction of sp³-hybridized carbons (Fsp3) is 0.308. The Morgan fingerprint density at radius 3 is 2.76 bits per heavy atom. The summed E-state index contributed by atoms with van der Waals surface area (Å²) in [7, 11) is -3.56. The van der Waals surface area contributed by atoms with E-state index < -0.39 is 15.6 Å². The van der Waals surface area contributed by atoms with Crippen molar-refractivity contribution in [3.63, 3.8) is 0 Å². The summed E-state index contributed by atoms with van der Waals surface area (Å²) < 4.78 is 32.2. The van der Waals surface area contributed by atoms with E-state index in [4.69, 9.17) is 4.42 Å². The summed E-state index contributed by atoms with van der Waals surface area (Å²) in [5.74, 6) is 0. The first-order valence-electron chi connectivity index (χ1n) is 6.31. The highest BCUT2D eigenvalue weighted by molar-refractivity contribution is 7.89. The van der Waals surface area contributed by atoms with Crippen LogP contribution in [0.4, 0.5) is 0 Å². The molecule has 8 heteroatoms. The number of hydrogen-bond donors (Lipinski definition) is 2. The van der Waals surface area contributed by atoms with Crippen molar-refractivity contribution in [1.82, 2.24) is 10.0 Å². The minimum Gasteiger partial charge on any atom is -0.423 e. The van der Waals surface area contributed by atoms with Crippen molar-refractivity contribution in [2.24, 2.45) is 0 Å². The van der Waals surface area contributed by atoms with Crippen LogP contribution in [0, 0.1) is 0 Å². The normalized spacial score (nSPS) is 18.6. The highest BCUT2D eigenvalue weighted by atomic mass is 35.5. The molecule has 1 atom stereocenters. The number of sulfonamides is 1. The summed E-state index contributed by atoms with van der Waals surface area (Å²) in [6.07, 6.45) is 0.779. The molecule has 1 aromatic carbocycles. The van der Waals surface area contributed by atoms with Gasteiger partial charge in [0.05, 0.1) is 4.90 Å². The maximum Gasteiger partial charge on any atom is 0.336 e. The van der Waals surface area contributed by atoms with Crippen molar-refractivity contribution in [3.8, 4) is 0 Å². The molecule has 1 aliphatic heterocycles. The number of fused-ring (bicyclic) bond motifs is 1. The predicted molar refractivity (Wildman–Crippen MR) is 81.3 cm³/mol. The molecule has 1 aromatic heterocycles. The Bertz CT molecular complexity index is 797. The SMILES string of the molecule is Cl.O=c1ccc2cc(S(=O)(=O)N[C@H]3CCNC3)ccc2o1. The molecule has 2 aromatic rings. The van der Waals surface area contributed by atoms with Crippen LogP contribution in [0.1, 0.15) is 6.42 Å². The fourth-order valence-corrected chi connectivity index (χ4v) is 3.57. The van der Waals surface area contributed by atoms with E-state index >= 15 is 0 Å². The summed E-state index contributed by atoms with van der Waals surface area (Å²) in [6.45, 7) is 1.46. The minimum atomic E-state index is -3.56. The molecule has 1 fully saturated rings. The molecule has 2 heterocycles. The fourth-order valence-electron chi connectivity index (χ4n) is 2.26. The third-order valence-electron chi connectivity index (χ3n) is 3.28. The molecule has 0 spiro atoms. The van der Waals surface area contributed by atoms with Crippen LogP contribution in [-0.2, 0) is 10.0 Å². The van der Waals surface area contributed by atoms with Crippen LogP contribution < -0.4 is 15.7 Å². The van der Waals surface area contributed by atoms with Crippen molar-refractivity contribution < 1.29 is 12.8 Å². The number of halogens is 1.